The summed E-state index contributed by atoms with van der Waals surface area (Å²) in [5.74, 6) is 1.54. The average molecular weight is 218 g/mol. The highest BCUT2D eigenvalue weighted by Gasteiger charge is 2.11. The molecule has 0 spiro atoms. The van der Waals surface area contributed by atoms with Crippen LogP contribution in [-0.4, -0.2) is 6.61 Å². The van der Waals surface area contributed by atoms with Gasteiger partial charge in [0.15, 0.2) is 0 Å². The topological polar surface area (TPSA) is 9.23 Å². The van der Waals surface area contributed by atoms with Crippen LogP contribution >= 0.6 is 0 Å². The van der Waals surface area contributed by atoms with Crippen LogP contribution < -0.4 is 4.74 Å². The van der Waals surface area contributed by atoms with Crippen LogP contribution in [0.4, 0.5) is 0 Å². The summed E-state index contributed by atoms with van der Waals surface area (Å²) >= 11 is 0. The van der Waals surface area contributed by atoms with Gasteiger partial charge in [-0.25, -0.2) is 0 Å². The molecule has 88 valence electrons. The average Bonchev–Trinajstić information content (AvgIpc) is 2.25. The fraction of sp³-hybridized carbons (Fsp3) is 0.467. The third kappa shape index (κ3) is 2.66. The Morgan fingerprint density at radius 1 is 1.31 bits per heavy atom. The molecule has 1 aromatic rings. The minimum Gasteiger partial charge on any atom is -0.494 e. The van der Waals surface area contributed by atoms with Crippen molar-refractivity contribution in [1.29, 1.82) is 0 Å². The van der Waals surface area contributed by atoms with E-state index < -0.39 is 0 Å². The molecule has 0 saturated carbocycles. The monoisotopic (exact) mass is 218 g/mol. The van der Waals surface area contributed by atoms with Crippen LogP contribution in [0.25, 0.3) is 0 Å². The smallest absolute Gasteiger partial charge is 0.122 e. The zero-order valence-corrected chi connectivity index (χ0v) is 10.8. The molecule has 0 bridgehead atoms. The van der Waals surface area contributed by atoms with Crippen molar-refractivity contribution in [3.8, 4) is 5.75 Å². The normalized spacial score (nSPS) is 12.2. The van der Waals surface area contributed by atoms with E-state index in [4.69, 9.17) is 4.74 Å². The first-order chi connectivity index (χ1) is 7.61. The predicted octanol–water partition coefficient (Wildman–Crippen LogP) is 4.38. The van der Waals surface area contributed by atoms with E-state index in [1.165, 1.54) is 16.7 Å². The molecule has 0 amide bonds. The van der Waals surface area contributed by atoms with Crippen LogP contribution in [0.15, 0.2) is 24.8 Å². The van der Waals surface area contributed by atoms with Crippen molar-refractivity contribution in [1.82, 2.24) is 0 Å². The van der Waals surface area contributed by atoms with Crippen molar-refractivity contribution < 1.29 is 4.74 Å². The van der Waals surface area contributed by atoms with Crippen molar-refractivity contribution in [2.24, 2.45) is 0 Å². The van der Waals surface area contributed by atoms with Crippen molar-refractivity contribution >= 4 is 0 Å². The van der Waals surface area contributed by atoms with E-state index in [2.05, 4.69) is 39.5 Å². The zero-order chi connectivity index (χ0) is 12.1. The molecule has 1 aromatic carbocycles. The van der Waals surface area contributed by atoms with Crippen molar-refractivity contribution in [2.75, 3.05) is 6.61 Å². The molecule has 0 saturated heterocycles. The van der Waals surface area contributed by atoms with Crippen LogP contribution in [0.3, 0.4) is 0 Å². The van der Waals surface area contributed by atoms with Gasteiger partial charge in [-0.05, 0) is 55.9 Å². The molecule has 16 heavy (non-hydrogen) atoms. The second kappa shape index (κ2) is 5.74. The second-order valence-corrected chi connectivity index (χ2v) is 4.26. The molecule has 1 rings (SSSR count). The fourth-order valence-electron chi connectivity index (χ4n) is 2.04. The molecule has 0 aromatic heterocycles. The lowest BCUT2D eigenvalue weighted by atomic mass is 9.91. The maximum absolute atomic E-state index is 5.59. The first kappa shape index (κ1) is 12.8. The predicted molar refractivity (Wildman–Crippen MR) is 70.3 cm³/mol. The largest absolute Gasteiger partial charge is 0.494 e. The van der Waals surface area contributed by atoms with Crippen LogP contribution in [0, 0.1) is 13.8 Å². The molecule has 0 aliphatic heterocycles. The number of hydrogen-bond acceptors (Lipinski definition) is 1. The van der Waals surface area contributed by atoms with Gasteiger partial charge in [-0.2, -0.15) is 0 Å². The lowest BCUT2D eigenvalue weighted by Gasteiger charge is -2.17. The van der Waals surface area contributed by atoms with Crippen molar-refractivity contribution in [3.63, 3.8) is 0 Å². The Kier molecular flexibility index (Phi) is 4.60. The van der Waals surface area contributed by atoms with E-state index in [9.17, 15) is 0 Å². The summed E-state index contributed by atoms with van der Waals surface area (Å²) in [6, 6.07) is 4.27. The molecule has 0 aliphatic rings. The van der Waals surface area contributed by atoms with Gasteiger partial charge in [-0.1, -0.05) is 19.1 Å². The maximum Gasteiger partial charge on any atom is 0.122 e. The maximum atomic E-state index is 5.59. The fourth-order valence-corrected chi connectivity index (χ4v) is 2.04. The number of ether oxygens (including phenoxy) is 1. The number of allylic oxidation sites excluding steroid dienone is 1. The van der Waals surface area contributed by atoms with E-state index in [0.717, 1.165) is 18.8 Å². The quantitative estimate of drug-likeness (QED) is 0.666. The summed E-state index contributed by atoms with van der Waals surface area (Å²) in [5.41, 5.74) is 4.01. The van der Waals surface area contributed by atoms with Gasteiger partial charge in [-0.15, -0.1) is 6.58 Å². The van der Waals surface area contributed by atoms with Gasteiger partial charge < -0.3 is 4.74 Å². The number of benzene rings is 1. The molecule has 0 radical (unpaired) electrons. The van der Waals surface area contributed by atoms with Gasteiger partial charge in [0, 0.05) is 0 Å². The van der Waals surface area contributed by atoms with E-state index in [0.29, 0.717) is 5.92 Å². The third-order valence-electron chi connectivity index (χ3n) is 3.13. The highest BCUT2D eigenvalue weighted by atomic mass is 16.5. The summed E-state index contributed by atoms with van der Waals surface area (Å²) in [7, 11) is 0. The molecular formula is C15H22O. The number of rotatable bonds is 5. The zero-order valence-electron chi connectivity index (χ0n) is 10.8. The van der Waals surface area contributed by atoms with E-state index in [1.54, 1.807) is 0 Å². The SMILES string of the molecule is C=CCC(C)c1ccc(OCC)c(C)c1C. The van der Waals surface area contributed by atoms with Crippen LogP contribution in [0.1, 0.15) is 42.9 Å². The van der Waals surface area contributed by atoms with Gasteiger partial charge in [-0.3, -0.25) is 0 Å². The summed E-state index contributed by atoms with van der Waals surface area (Å²) in [4.78, 5) is 0. The van der Waals surface area contributed by atoms with Gasteiger partial charge in [0.1, 0.15) is 5.75 Å². The van der Waals surface area contributed by atoms with Gasteiger partial charge in [0.05, 0.1) is 6.61 Å². The summed E-state index contributed by atoms with van der Waals surface area (Å²) in [6.07, 6.45) is 3.00. The molecule has 0 heterocycles. The molecular weight excluding hydrogens is 196 g/mol. The van der Waals surface area contributed by atoms with Crippen molar-refractivity contribution in [2.45, 2.75) is 40.0 Å². The highest BCUT2D eigenvalue weighted by molar-refractivity contribution is 5.44. The summed E-state index contributed by atoms with van der Waals surface area (Å²) < 4.78 is 5.59. The summed E-state index contributed by atoms with van der Waals surface area (Å²) in [5, 5.41) is 0. The molecule has 1 unspecified atom stereocenters. The van der Waals surface area contributed by atoms with Crippen LogP contribution in [0.2, 0.25) is 0 Å². The van der Waals surface area contributed by atoms with Crippen LogP contribution in [0.5, 0.6) is 5.75 Å². The Morgan fingerprint density at radius 2 is 2.00 bits per heavy atom. The molecule has 0 N–H and O–H groups in total. The molecule has 0 fully saturated rings. The molecule has 1 atom stereocenters. The lowest BCUT2D eigenvalue weighted by molar-refractivity contribution is 0.337. The lowest BCUT2D eigenvalue weighted by Crippen LogP contribution is -2.01. The minimum absolute atomic E-state index is 0.534. The van der Waals surface area contributed by atoms with E-state index in [-0.39, 0.29) is 0 Å². The van der Waals surface area contributed by atoms with E-state index in [1.807, 2.05) is 13.0 Å². The van der Waals surface area contributed by atoms with Gasteiger partial charge >= 0.3 is 0 Å². The Bertz CT molecular complexity index is 366. The Labute approximate surface area is 99.1 Å². The molecule has 0 aliphatic carbocycles. The molecule has 1 heteroatoms. The van der Waals surface area contributed by atoms with Crippen LogP contribution in [-0.2, 0) is 0 Å². The first-order valence-electron chi connectivity index (χ1n) is 5.95. The number of hydrogen-bond donors (Lipinski definition) is 0. The van der Waals surface area contributed by atoms with Gasteiger partial charge in [0.2, 0.25) is 0 Å². The third-order valence-corrected chi connectivity index (χ3v) is 3.13. The second-order valence-electron chi connectivity index (χ2n) is 4.26. The van der Waals surface area contributed by atoms with Crippen molar-refractivity contribution in [3.05, 3.63) is 41.5 Å². The summed E-state index contributed by atoms with van der Waals surface area (Å²) in [6.45, 7) is 13.1. The Balaban J connectivity index is 3.05. The van der Waals surface area contributed by atoms with Gasteiger partial charge in [0.25, 0.3) is 0 Å². The highest BCUT2D eigenvalue weighted by Crippen LogP contribution is 2.30. The standard InChI is InChI=1S/C15H22O/c1-6-8-11(3)14-9-10-15(16-7-2)13(5)12(14)4/h6,9-11H,1,7-8H2,2-5H3. The molecule has 1 nitrogen and oxygen atoms in total. The Morgan fingerprint density at radius 3 is 2.56 bits per heavy atom. The first-order valence-corrected chi connectivity index (χ1v) is 5.95. The minimum atomic E-state index is 0.534. The van der Waals surface area contributed by atoms with E-state index >= 15 is 0 Å². The Hall–Kier alpha value is -1.24.